The number of benzene rings is 2. The van der Waals surface area contributed by atoms with E-state index in [0.717, 1.165) is 12.1 Å². The van der Waals surface area contributed by atoms with E-state index in [1.807, 2.05) is 24.3 Å². The van der Waals surface area contributed by atoms with Gasteiger partial charge in [-0.2, -0.15) is 0 Å². The van der Waals surface area contributed by atoms with Crippen LogP contribution in [0.5, 0.6) is 11.5 Å². The number of nitrogens with zero attached hydrogens (tertiary/aromatic N) is 1. The van der Waals surface area contributed by atoms with Gasteiger partial charge in [-0.15, -0.1) is 24.0 Å². The molecule has 0 spiro atoms. The van der Waals surface area contributed by atoms with Crippen molar-refractivity contribution in [3.05, 3.63) is 59.7 Å². The van der Waals surface area contributed by atoms with E-state index in [2.05, 4.69) is 48.4 Å². The number of guanidine groups is 1. The van der Waals surface area contributed by atoms with Crippen LogP contribution in [0.3, 0.4) is 0 Å². The van der Waals surface area contributed by atoms with Gasteiger partial charge in [0.15, 0.2) is 17.5 Å². The van der Waals surface area contributed by atoms with Crippen molar-refractivity contribution in [2.75, 3.05) is 20.8 Å². The zero-order valence-corrected chi connectivity index (χ0v) is 18.8. The molecule has 2 rings (SSSR count). The normalized spacial score (nSPS) is 12.3. The molecule has 0 saturated heterocycles. The Morgan fingerprint density at radius 2 is 1.70 bits per heavy atom. The van der Waals surface area contributed by atoms with Gasteiger partial charge in [-0.25, -0.2) is 4.99 Å². The summed E-state index contributed by atoms with van der Waals surface area (Å²) in [5.41, 5.74) is 8.38. The maximum atomic E-state index is 6.06. The van der Waals surface area contributed by atoms with Gasteiger partial charge in [0, 0.05) is 12.5 Å². The molecule has 0 fully saturated rings. The molecule has 148 valence electrons. The van der Waals surface area contributed by atoms with Crippen molar-refractivity contribution in [3.8, 4) is 11.5 Å². The molecular formula is C21H30IN3O2. The highest BCUT2D eigenvalue weighted by molar-refractivity contribution is 14.0. The Balaban J connectivity index is 0.00000364. The predicted octanol–water partition coefficient (Wildman–Crippen LogP) is 4.17. The number of hydrogen-bond acceptors (Lipinski definition) is 3. The number of methoxy groups -OCH3 is 2. The van der Waals surface area contributed by atoms with Gasteiger partial charge in [0.1, 0.15) is 0 Å². The van der Waals surface area contributed by atoms with Crippen molar-refractivity contribution < 1.29 is 9.47 Å². The molecule has 3 N–H and O–H groups in total. The smallest absolute Gasteiger partial charge is 0.188 e. The third-order valence-corrected chi connectivity index (χ3v) is 4.42. The Kier molecular flexibility index (Phi) is 9.99. The van der Waals surface area contributed by atoms with Gasteiger partial charge in [-0.1, -0.05) is 50.2 Å². The van der Waals surface area contributed by atoms with Gasteiger partial charge in [-0.05, 0) is 29.2 Å². The molecule has 6 heteroatoms. The zero-order valence-electron chi connectivity index (χ0n) is 16.4. The number of nitrogens with one attached hydrogen (secondary N) is 1. The first-order valence-electron chi connectivity index (χ1n) is 8.84. The highest BCUT2D eigenvalue weighted by Crippen LogP contribution is 2.27. The van der Waals surface area contributed by atoms with Crippen LogP contribution in [-0.4, -0.2) is 26.7 Å². The molecule has 0 radical (unpaired) electrons. The zero-order chi connectivity index (χ0) is 18.9. The van der Waals surface area contributed by atoms with Gasteiger partial charge in [-0.3, -0.25) is 0 Å². The minimum Gasteiger partial charge on any atom is -0.493 e. The molecule has 0 aliphatic heterocycles. The minimum absolute atomic E-state index is 0. The van der Waals surface area contributed by atoms with Crippen LogP contribution in [0, 0.1) is 5.92 Å². The van der Waals surface area contributed by atoms with Gasteiger partial charge in [0.05, 0.1) is 20.8 Å². The summed E-state index contributed by atoms with van der Waals surface area (Å²) >= 11 is 0. The Morgan fingerprint density at radius 3 is 2.30 bits per heavy atom. The summed E-state index contributed by atoms with van der Waals surface area (Å²) in [5.74, 6) is 2.72. The van der Waals surface area contributed by atoms with E-state index in [4.69, 9.17) is 15.2 Å². The molecule has 5 nitrogen and oxygen atoms in total. The quantitative estimate of drug-likeness (QED) is 0.336. The number of ether oxygens (including phenoxy) is 2. The van der Waals surface area contributed by atoms with E-state index in [-0.39, 0.29) is 24.0 Å². The van der Waals surface area contributed by atoms with Crippen molar-refractivity contribution >= 4 is 29.9 Å². The van der Waals surface area contributed by atoms with Gasteiger partial charge in [0.25, 0.3) is 0 Å². The monoisotopic (exact) mass is 483 g/mol. The summed E-state index contributed by atoms with van der Waals surface area (Å²) in [6.07, 6.45) is 0. The van der Waals surface area contributed by atoms with Crippen molar-refractivity contribution in [2.24, 2.45) is 16.6 Å². The molecule has 0 bridgehead atoms. The first kappa shape index (κ1) is 23.1. The predicted molar refractivity (Wildman–Crippen MR) is 122 cm³/mol. The van der Waals surface area contributed by atoms with Gasteiger partial charge < -0.3 is 20.5 Å². The molecule has 0 aliphatic rings. The lowest BCUT2D eigenvalue weighted by Gasteiger charge is -2.22. The van der Waals surface area contributed by atoms with Crippen LogP contribution in [0.25, 0.3) is 0 Å². The fourth-order valence-corrected chi connectivity index (χ4v) is 2.86. The molecule has 1 atom stereocenters. The third kappa shape index (κ3) is 6.93. The summed E-state index contributed by atoms with van der Waals surface area (Å²) < 4.78 is 10.6. The molecule has 0 aromatic heterocycles. The van der Waals surface area contributed by atoms with Crippen molar-refractivity contribution in [1.29, 1.82) is 0 Å². The molecule has 27 heavy (non-hydrogen) atoms. The van der Waals surface area contributed by atoms with Crippen LogP contribution in [0.2, 0.25) is 0 Å². The summed E-state index contributed by atoms with van der Waals surface area (Å²) in [5, 5.41) is 3.26. The van der Waals surface area contributed by atoms with E-state index in [1.165, 1.54) is 5.56 Å². The average Bonchev–Trinajstić information content (AvgIpc) is 2.66. The molecule has 0 heterocycles. The van der Waals surface area contributed by atoms with Crippen LogP contribution >= 0.6 is 24.0 Å². The average molecular weight is 483 g/mol. The fraction of sp³-hybridized carbons (Fsp3) is 0.381. The first-order chi connectivity index (χ1) is 12.5. The van der Waals surface area contributed by atoms with Crippen molar-refractivity contribution in [2.45, 2.75) is 26.3 Å². The number of nitrogens with two attached hydrogens (primary N) is 1. The van der Waals surface area contributed by atoms with Crippen LogP contribution in [0.1, 0.15) is 30.9 Å². The molecule has 0 aliphatic carbocycles. The molecule has 0 amide bonds. The lowest BCUT2D eigenvalue weighted by molar-refractivity contribution is 0.354. The largest absolute Gasteiger partial charge is 0.493 e. The molecule has 1 unspecified atom stereocenters. The maximum absolute atomic E-state index is 6.06. The Bertz CT molecular complexity index is 721. The van der Waals surface area contributed by atoms with Crippen molar-refractivity contribution in [3.63, 3.8) is 0 Å². The van der Waals surface area contributed by atoms with Gasteiger partial charge >= 0.3 is 0 Å². The van der Waals surface area contributed by atoms with Crippen LogP contribution in [-0.2, 0) is 6.54 Å². The fourth-order valence-electron chi connectivity index (χ4n) is 2.86. The van der Waals surface area contributed by atoms with E-state index in [1.54, 1.807) is 14.2 Å². The summed E-state index contributed by atoms with van der Waals surface area (Å²) in [7, 11) is 3.24. The molecule has 2 aromatic rings. The molecule has 0 saturated carbocycles. The Morgan fingerprint density at radius 1 is 1.04 bits per heavy atom. The minimum atomic E-state index is 0. The van der Waals surface area contributed by atoms with Crippen LogP contribution < -0.4 is 20.5 Å². The topological polar surface area (TPSA) is 68.9 Å². The second-order valence-corrected chi connectivity index (χ2v) is 6.53. The Hall–Kier alpha value is -1.96. The summed E-state index contributed by atoms with van der Waals surface area (Å²) in [6.45, 7) is 5.67. The van der Waals surface area contributed by atoms with Crippen molar-refractivity contribution in [1.82, 2.24) is 5.32 Å². The van der Waals surface area contributed by atoms with Crippen LogP contribution in [0.4, 0.5) is 0 Å². The van der Waals surface area contributed by atoms with Crippen LogP contribution in [0.15, 0.2) is 53.5 Å². The SMILES string of the molecule is COc1ccc(CN=C(N)NCC(c2ccccc2)C(C)C)cc1OC.I. The maximum Gasteiger partial charge on any atom is 0.188 e. The lowest BCUT2D eigenvalue weighted by atomic mass is 9.88. The number of rotatable bonds is 8. The number of hydrogen-bond donors (Lipinski definition) is 2. The Labute approximate surface area is 179 Å². The standard InChI is InChI=1S/C21H29N3O2.HI/c1-15(2)18(17-8-6-5-7-9-17)14-24-21(22)23-13-16-10-11-19(25-3)20(12-16)26-4;/h5-12,15,18H,13-14H2,1-4H3,(H3,22,23,24);1H. The molecular weight excluding hydrogens is 453 g/mol. The number of aliphatic imine (C=N–C) groups is 1. The highest BCUT2D eigenvalue weighted by Gasteiger charge is 2.15. The highest BCUT2D eigenvalue weighted by atomic mass is 127. The van der Waals surface area contributed by atoms with E-state index in [0.29, 0.717) is 35.8 Å². The first-order valence-corrected chi connectivity index (χ1v) is 8.84. The summed E-state index contributed by atoms with van der Waals surface area (Å²) in [4.78, 5) is 4.44. The van der Waals surface area contributed by atoms with E-state index < -0.39 is 0 Å². The van der Waals surface area contributed by atoms with Gasteiger partial charge in [0.2, 0.25) is 0 Å². The molecule has 2 aromatic carbocycles. The van der Waals surface area contributed by atoms with E-state index >= 15 is 0 Å². The second kappa shape index (κ2) is 11.7. The number of halogens is 1. The lowest BCUT2D eigenvalue weighted by Crippen LogP contribution is -2.36. The third-order valence-electron chi connectivity index (χ3n) is 4.42. The summed E-state index contributed by atoms with van der Waals surface area (Å²) in [6, 6.07) is 16.2. The second-order valence-electron chi connectivity index (χ2n) is 6.53. The van der Waals surface area contributed by atoms with E-state index in [9.17, 15) is 0 Å².